The summed E-state index contributed by atoms with van der Waals surface area (Å²) in [6.45, 7) is 7.97. The standard InChI is InChI=1S/C21H29N5O8/c1-6-14(29)21(17(30)16(33-12(5)28)13(34-21)8-32-11(4)27)26-9-23-15-18(26)24-20(25-19(15)31)22-7-10(2)3/h9-10,13,16-17,30H,6-8H2,1-5H3,(H2,22,24,25,31)/t13-,16-,17-,21-/m1/s1. The van der Waals surface area contributed by atoms with Crippen molar-refractivity contribution in [1.82, 2.24) is 19.5 Å². The molecule has 34 heavy (non-hydrogen) atoms. The molecule has 4 atom stereocenters. The number of hydrogen-bond donors (Lipinski definition) is 3. The van der Waals surface area contributed by atoms with Gasteiger partial charge in [-0.2, -0.15) is 4.98 Å². The van der Waals surface area contributed by atoms with Crippen molar-refractivity contribution in [3.05, 3.63) is 16.7 Å². The van der Waals surface area contributed by atoms with Gasteiger partial charge < -0.3 is 24.6 Å². The lowest BCUT2D eigenvalue weighted by molar-refractivity contribution is -0.176. The van der Waals surface area contributed by atoms with Crippen LogP contribution in [0.4, 0.5) is 5.95 Å². The van der Waals surface area contributed by atoms with Crippen LogP contribution in [-0.2, 0) is 34.3 Å². The highest BCUT2D eigenvalue weighted by molar-refractivity contribution is 5.88. The Hall–Kier alpha value is -3.32. The number of ether oxygens (including phenoxy) is 3. The molecule has 0 bridgehead atoms. The molecular weight excluding hydrogens is 450 g/mol. The summed E-state index contributed by atoms with van der Waals surface area (Å²) in [6, 6.07) is 0. The van der Waals surface area contributed by atoms with Crippen molar-refractivity contribution in [3.63, 3.8) is 0 Å². The molecule has 1 aliphatic heterocycles. The van der Waals surface area contributed by atoms with Crippen LogP contribution in [-0.4, -0.2) is 73.8 Å². The molecule has 3 N–H and O–H groups in total. The highest BCUT2D eigenvalue weighted by atomic mass is 16.6. The summed E-state index contributed by atoms with van der Waals surface area (Å²) in [5, 5.41) is 14.3. The fourth-order valence-electron chi connectivity index (χ4n) is 3.81. The lowest BCUT2D eigenvalue weighted by Gasteiger charge is -2.32. The first-order valence-corrected chi connectivity index (χ1v) is 10.9. The second-order valence-electron chi connectivity index (χ2n) is 8.43. The van der Waals surface area contributed by atoms with E-state index < -0.39 is 47.3 Å². The van der Waals surface area contributed by atoms with E-state index in [4.69, 9.17) is 14.2 Å². The van der Waals surface area contributed by atoms with Gasteiger partial charge in [0.2, 0.25) is 11.7 Å². The maximum Gasteiger partial charge on any atom is 0.303 e. The largest absolute Gasteiger partial charge is 0.463 e. The number of carbonyl (C=O) groups is 3. The number of anilines is 1. The van der Waals surface area contributed by atoms with Gasteiger partial charge in [0.05, 0.1) is 0 Å². The molecule has 2 aromatic heterocycles. The number of esters is 2. The van der Waals surface area contributed by atoms with Gasteiger partial charge in [0.15, 0.2) is 23.1 Å². The second kappa shape index (κ2) is 9.89. The summed E-state index contributed by atoms with van der Waals surface area (Å²) in [4.78, 5) is 60.0. The molecule has 0 saturated carbocycles. The summed E-state index contributed by atoms with van der Waals surface area (Å²) in [5.74, 6) is -1.54. The highest BCUT2D eigenvalue weighted by Crippen LogP contribution is 2.40. The van der Waals surface area contributed by atoms with Crippen LogP contribution in [0, 0.1) is 5.92 Å². The van der Waals surface area contributed by atoms with Crippen molar-refractivity contribution in [2.75, 3.05) is 18.5 Å². The van der Waals surface area contributed by atoms with Gasteiger partial charge in [-0.25, -0.2) is 4.98 Å². The molecule has 0 unspecified atom stereocenters. The van der Waals surface area contributed by atoms with Crippen molar-refractivity contribution in [2.24, 2.45) is 5.92 Å². The zero-order valence-corrected chi connectivity index (χ0v) is 19.7. The number of Topliss-reactive ketones (excluding diaryl/α,β-unsaturated/α-hetero) is 1. The van der Waals surface area contributed by atoms with Crippen LogP contribution in [0.25, 0.3) is 11.2 Å². The molecule has 0 spiro atoms. The molecule has 1 aliphatic rings. The van der Waals surface area contributed by atoms with Crippen LogP contribution in [0.2, 0.25) is 0 Å². The molecular formula is C21H29N5O8. The fraction of sp³-hybridized carbons (Fsp3) is 0.619. The quantitative estimate of drug-likeness (QED) is 0.415. The van der Waals surface area contributed by atoms with E-state index in [2.05, 4.69) is 20.3 Å². The number of imidazole rings is 1. The summed E-state index contributed by atoms with van der Waals surface area (Å²) in [5.41, 5.74) is -2.80. The molecule has 2 aromatic rings. The average molecular weight is 479 g/mol. The van der Waals surface area contributed by atoms with Gasteiger partial charge in [-0.05, 0) is 5.92 Å². The summed E-state index contributed by atoms with van der Waals surface area (Å²) in [7, 11) is 0. The number of aliphatic hydroxyl groups excluding tert-OH is 1. The number of rotatable bonds is 9. The summed E-state index contributed by atoms with van der Waals surface area (Å²) >= 11 is 0. The van der Waals surface area contributed by atoms with E-state index in [1.807, 2.05) is 13.8 Å². The Bertz CT molecular complexity index is 1140. The van der Waals surface area contributed by atoms with Crippen molar-refractivity contribution in [2.45, 2.75) is 65.1 Å². The number of ketones is 1. The maximum atomic E-state index is 13.3. The van der Waals surface area contributed by atoms with Gasteiger partial charge >= 0.3 is 11.9 Å². The monoisotopic (exact) mass is 479 g/mol. The van der Waals surface area contributed by atoms with Gasteiger partial charge in [0, 0.05) is 26.8 Å². The van der Waals surface area contributed by atoms with Crippen LogP contribution in [0.1, 0.15) is 41.0 Å². The zero-order valence-electron chi connectivity index (χ0n) is 19.7. The molecule has 3 rings (SSSR count). The van der Waals surface area contributed by atoms with Gasteiger partial charge in [-0.3, -0.25) is 28.7 Å². The molecule has 0 radical (unpaired) electrons. The van der Waals surface area contributed by atoms with Crippen LogP contribution in [0.15, 0.2) is 11.1 Å². The van der Waals surface area contributed by atoms with Crippen molar-refractivity contribution >= 4 is 34.8 Å². The Labute approximate surface area is 194 Å². The number of nitrogens with zero attached hydrogens (tertiary/aromatic N) is 3. The smallest absolute Gasteiger partial charge is 0.303 e. The number of aliphatic hydroxyl groups is 1. The Balaban J connectivity index is 2.17. The number of aromatic amines is 1. The number of H-pyrrole nitrogens is 1. The number of hydrogen-bond acceptors (Lipinski definition) is 11. The van der Waals surface area contributed by atoms with Gasteiger partial charge in [0.25, 0.3) is 5.56 Å². The summed E-state index contributed by atoms with van der Waals surface area (Å²) < 4.78 is 17.4. The Morgan fingerprint density at radius 3 is 2.62 bits per heavy atom. The third kappa shape index (κ3) is 4.66. The van der Waals surface area contributed by atoms with E-state index in [0.717, 1.165) is 13.3 Å². The number of fused-ring (bicyclic) bond motifs is 1. The van der Waals surface area contributed by atoms with E-state index >= 15 is 0 Å². The Kier molecular flexibility index (Phi) is 7.36. The third-order valence-electron chi connectivity index (χ3n) is 5.33. The molecule has 186 valence electrons. The highest BCUT2D eigenvalue weighted by Gasteiger charge is 2.62. The Morgan fingerprint density at radius 1 is 1.32 bits per heavy atom. The average Bonchev–Trinajstić information content (AvgIpc) is 3.31. The minimum atomic E-state index is -2.13. The second-order valence-corrected chi connectivity index (χ2v) is 8.43. The van der Waals surface area contributed by atoms with E-state index in [0.29, 0.717) is 6.54 Å². The molecule has 13 heteroatoms. The number of carbonyl (C=O) groups excluding carboxylic acids is 3. The van der Waals surface area contributed by atoms with Crippen molar-refractivity contribution < 1.29 is 33.7 Å². The first kappa shape index (κ1) is 25.3. The number of nitrogens with one attached hydrogen (secondary N) is 2. The van der Waals surface area contributed by atoms with Crippen LogP contribution >= 0.6 is 0 Å². The van der Waals surface area contributed by atoms with Crippen LogP contribution < -0.4 is 10.9 Å². The normalized spacial score (nSPS) is 24.4. The number of aromatic nitrogens is 4. The lowest BCUT2D eigenvalue weighted by atomic mass is 9.96. The van der Waals surface area contributed by atoms with E-state index in [-0.39, 0.29) is 36.1 Å². The minimum absolute atomic E-state index is 0.0226. The SMILES string of the molecule is CCC(=O)[C@@]1(n2cnc3c(=O)[nH]c(NCC(C)C)nc32)O[C@H](COC(C)=O)[C@@H](OC(C)=O)[C@H]1O. The third-order valence-corrected chi connectivity index (χ3v) is 5.33. The summed E-state index contributed by atoms with van der Waals surface area (Å²) in [6.07, 6.45) is -3.14. The van der Waals surface area contributed by atoms with Crippen molar-refractivity contribution in [1.29, 1.82) is 0 Å². The molecule has 0 aromatic carbocycles. The van der Waals surface area contributed by atoms with Gasteiger partial charge in [-0.15, -0.1) is 0 Å². The maximum absolute atomic E-state index is 13.3. The zero-order chi connectivity index (χ0) is 25.2. The first-order valence-electron chi connectivity index (χ1n) is 10.9. The topological polar surface area (TPSA) is 175 Å². The molecule has 0 amide bonds. The minimum Gasteiger partial charge on any atom is -0.463 e. The Morgan fingerprint density at radius 2 is 2.03 bits per heavy atom. The lowest BCUT2D eigenvalue weighted by Crippen LogP contribution is -2.52. The molecule has 3 heterocycles. The first-order chi connectivity index (χ1) is 16.0. The fourth-order valence-corrected chi connectivity index (χ4v) is 3.81. The van der Waals surface area contributed by atoms with Gasteiger partial charge in [0.1, 0.15) is 25.1 Å². The molecule has 13 nitrogen and oxygen atoms in total. The predicted octanol–water partition coefficient (Wildman–Crippen LogP) is 0.0739. The van der Waals surface area contributed by atoms with E-state index in [1.54, 1.807) is 6.92 Å². The van der Waals surface area contributed by atoms with E-state index in [9.17, 15) is 24.3 Å². The predicted molar refractivity (Wildman–Crippen MR) is 118 cm³/mol. The van der Waals surface area contributed by atoms with Crippen LogP contribution in [0.5, 0.6) is 0 Å². The van der Waals surface area contributed by atoms with Gasteiger partial charge in [-0.1, -0.05) is 20.8 Å². The van der Waals surface area contributed by atoms with Crippen LogP contribution in [0.3, 0.4) is 0 Å². The molecule has 1 fully saturated rings. The van der Waals surface area contributed by atoms with E-state index in [1.165, 1.54) is 11.5 Å². The molecule has 0 aliphatic carbocycles. The molecule has 1 saturated heterocycles. The van der Waals surface area contributed by atoms with Crippen molar-refractivity contribution in [3.8, 4) is 0 Å².